The molecule has 4 nitrogen and oxygen atoms in total. The third kappa shape index (κ3) is 3.28. The van der Waals surface area contributed by atoms with Crippen molar-refractivity contribution in [3.8, 4) is 0 Å². The van der Waals surface area contributed by atoms with Crippen LogP contribution >= 0.6 is 11.3 Å². The van der Waals surface area contributed by atoms with Crippen LogP contribution < -0.4 is 5.32 Å². The van der Waals surface area contributed by atoms with E-state index in [1.807, 2.05) is 35.2 Å². The van der Waals surface area contributed by atoms with Crippen LogP contribution in [0.2, 0.25) is 0 Å². The summed E-state index contributed by atoms with van der Waals surface area (Å²) in [5, 5.41) is 5.18. The van der Waals surface area contributed by atoms with Crippen LogP contribution in [0.3, 0.4) is 0 Å². The predicted octanol–water partition coefficient (Wildman–Crippen LogP) is 4.00. The molecule has 1 atom stereocenters. The number of urea groups is 1. The van der Waals surface area contributed by atoms with Gasteiger partial charge in [0.1, 0.15) is 0 Å². The molecule has 0 bridgehead atoms. The first-order valence-electron chi connectivity index (χ1n) is 8.37. The lowest BCUT2D eigenvalue weighted by molar-refractivity contribution is 0.180. The molecule has 126 valence electrons. The number of aromatic nitrogens is 1. The Balaban J connectivity index is 1.58. The van der Waals surface area contributed by atoms with Crippen LogP contribution in [0, 0.1) is 0 Å². The number of carbonyl (C=O) groups is 1. The number of hydrogen-bond acceptors (Lipinski definition) is 3. The zero-order chi connectivity index (χ0) is 17.1. The first kappa shape index (κ1) is 15.8. The SMILES string of the molecule is O=C(NCc1ccncc1)N1CCc2sccc2[C@@H]1c1ccccc1. The van der Waals surface area contributed by atoms with E-state index in [-0.39, 0.29) is 12.1 Å². The molecule has 0 unspecified atom stereocenters. The van der Waals surface area contributed by atoms with Crippen LogP contribution in [0.15, 0.2) is 66.3 Å². The molecular formula is C20H19N3OS. The van der Waals surface area contributed by atoms with Gasteiger partial charge in [0.2, 0.25) is 0 Å². The van der Waals surface area contributed by atoms with Gasteiger partial charge in [0.15, 0.2) is 0 Å². The van der Waals surface area contributed by atoms with Gasteiger partial charge in [0, 0.05) is 30.4 Å². The summed E-state index contributed by atoms with van der Waals surface area (Å²) in [5.41, 5.74) is 3.45. The molecule has 4 rings (SSSR count). The minimum absolute atomic E-state index is 0.0198. The summed E-state index contributed by atoms with van der Waals surface area (Å²) >= 11 is 1.78. The average Bonchev–Trinajstić information content (AvgIpc) is 3.15. The van der Waals surface area contributed by atoms with E-state index >= 15 is 0 Å². The fraction of sp³-hybridized carbons (Fsp3) is 0.200. The van der Waals surface area contributed by atoms with E-state index in [1.54, 1.807) is 23.7 Å². The Morgan fingerprint density at radius 3 is 2.76 bits per heavy atom. The van der Waals surface area contributed by atoms with E-state index in [4.69, 9.17) is 0 Å². The van der Waals surface area contributed by atoms with Crippen LogP contribution in [-0.4, -0.2) is 22.5 Å². The van der Waals surface area contributed by atoms with Gasteiger partial charge in [0.05, 0.1) is 6.04 Å². The molecule has 2 aromatic heterocycles. The number of thiophene rings is 1. The molecule has 1 aliphatic rings. The first-order chi connectivity index (χ1) is 12.3. The highest BCUT2D eigenvalue weighted by Gasteiger charge is 2.32. The molecule has 0 aliphatic carbocycles. The third-order valence-electron chi connectivity index (χ3n) is 4.54. The van der Waals surface area contributed by atoms with Gasteiger partial charge in [-0.2, -0.15) is 0 Å². The Hall–Kier alpha value is -2.66. The van der Waals surface area contributed by atoms with Crippen LogP contribution in [0.5, 0.6) is 0 Å². The summed E-state index contributed by atoms with van der Waals surface area (Å²) < 4.78 is 0. The number of benzene rings is 1. The maximum atomic E-state index is 12.9. The van der Waals surface area contributed by atoms with E-state index in [1.165, 1.54) is 10.4 Å². The molecule has 3 aromatic rings. The quantitative estimate of drug-likeness (QED) is 0.777. The molecule has 0 saturated carbocycles. The van der Waals surface area contributed by atoms with Crippen LogP contribution in [0.25, 0.3) is 0 Å². The van der Waals surface area contributed by atoms with Crippen LogP contribution in [0.1, 0.15) is 27.6 Å². The van der Waals surface area contributed by atoms with Crippen molar-refractivity contribution in [1.29, 1.82) is 0 Å². The van der Waals surface area contributed by atoms with E-state index in [0.29, 0.717) is 6.54 Å². The molecule has 1 N–H and O–H groups in total. The van der Waals surface area contributed by atoms with Gasteiger partial charge in [-0.05, 0) is 46.7 Å². The Morgan fingerprint density at radius 1 is 1.16 bits per heavy atom. The lowest BCUT2D eigenvalue weighted by Gasteiger charge is -2.36. The summed E-state index contributed by atoms with van der Waals surface area (Å²) in [7, 11) is 0. The zero-order valence-electron chi connectivity index (χ0n) is 13.8. The van der Waals surface area contributed by atoms with Crippen molar-refractivity contribution in [1.82, 2.24) is 15.2 Å². The number of fused-ring (bicyclic) bond motifs is 1. The second-order valence-electron chi connectivity index (χ2n) is 6.07. The summed E-state index contributed by atoms with van der Waals surface area (Å²) in [4.78, 5) is 20.2. The molecule has 0 spiro atoms. The standard InChI is InChI=1S/C20H19N3OS/c24-20(22-14-15-6-10-21-11-7-15)23-12-8-18-17(9-13-25-18)19(23)16-4-2-1-3-5-16/h1-7,9-11,13,19H,8,12,14H2,(H,22,24)/t19-/m0/s1. The van der Waals surface area contributed by atoms with Crippen molar-refractivity contribution in [3.05, 3.63) is 87.9 Å². The fourth-order valence-corrected chi connectivity index (χ4v) is 4.21. The Morgan fingerprint density at radius 2 is 1.96 bits per heavy atom. The van der Waals surface area contributed by atoms with Gasteiger partial charge in [-0.1, -0.05) is 30.3 Å². The maximum Gasteiger partial charge on any atom is 0.318 e. The van der Waals surface area contributed by atoms with E-state index in [2.05, 4.69) is 33.9 Å². The summed E-state index contributed by atoms with van der Waals surface area (Å²) in [6.45, 7) is 1.24. The topological polar surface area (TPSA) is 45.2 Å². The lowest BCUT2D eigenvalue weighted by Crippen LogP contribution is -2.45. The molecule has 0 saturated heterocycles. The highest BCUT2D eigenvalue weighted by Crippen LogP contribution is 2.37. The molecule has 2 amide bonds. The zero-order valence-corrected chi connectivity index (χ0v) is 14.6. The number of nitrogens with one attached hydrogen (secondary N) is 1. The van der Waals surface area contributed by atoms with Crippen molar-refractivity contribution >= 4 is 17.4 Å². The Kier molecular flexibility index (Phi) is 4.48. The second-order valence-corrected chi connectivity index (χ2v) is 7.07. The Labute approximate surface area is 151 Å². The van der Waals surface area contributed by atoms with Crippen molar-refractivity contribution in [2.45, 2.75) is 19.0 Å². The largest absolute Gasteiger partial charge is 0.334 e. The van der Waals surface area contributed by atoms with Gasteiger partial charge >= 0.3 is 6.03 Å². The van der Waals surface area contributed by atoms with Crippen LogP contribution in [0.4, 0.5) is 4.79 Å². The normalized spacial score (nSPS) is 16.3. The molecule has 0 radical (unpaired) electrons. The number of hydrogen-bond donors (Lipinski definition) is 1. The van der Waals surface area contributed by atoms with E-state index in [9.17, 15) is 4.79 Å². The van der Waals surface area contributed by atoms with E-state index < -0.39 is 0 Å². The minimum atomic E-state index is -0.0254. The number of nitrogens with zero attached hydrogens (tertiary/aromatic N) is 2. The first-order valence-corrected chi connectivity index (χ1v) is 9.25. The Bertz CT molecular complexity index is 848. The molecule has 1 aromatic carbocycles. The van der Waals surface area contributed by atoms with E-state index in [0.717, 1.165) is 24.1 Å². The van der Waals surface area contributed by atoms with Crippen molar-refractivity contribution in [2.75, 3.05) is 6.54 Å². The summed E-state index contributed by atoms with van der Waals surface area (Å²) in [5.74, 6) is 0. The molecule has 1 aliphatic heterocycles. The monoisotopic (exact) mass is 349 g/mol. The smallest absolute Gasteiger partial charge is 0.318 e. The third-order valence-corrected chi connectivity index (χ3v) is 5.53. The van der Waals surface area contributed by atoms with Gasteiger partial charge < -0.3 is 10.2 Å². The highest BCUT2D eigenvalue weighted by molar-refractivity contribution is 7.10. The number of pyridine rings is 1. The van der Waals surface area contributed by atoms with Crippen molar-refractivity contribution in [3.63, 3.8) is 0 Å². The number of carbonyl (C=O) groups excluding carboxylic acids is 1. The summed E-state index contributed by atoms with van der Waals surface area (Å²) in [6, 6.07) is 16.2. The fourth-order valence-electron chi connectivity index (χ4n) is 3.31. The predicted molar refractivity (Wildman–Crippen MR) is 99.5 cm³/mol. The highest BCUT2D eigenvalue weighted by atomic mass is 32.1. The van der Waals surface area contributed by atoms with Crippen LogP contribution in [-0.2, 0) is 13.0 Å². The maximum absolute atomic E-state index is 12.9. The minimum Gasteiger partial charge on any atom is -0.334 e. The van der Waals surface area contributed by atoms with Gasteiger partial charge in [0.25, 0.3) is 0 Å². The molecule has 5 heteroatoms. The van der Waals surface area contributed by atoms with Gasteiger partial charge in [-0.15, -0.1) is 11.3 Å². The van der Waals surface area contributed by atoms with Gasteiger partial charge in [-0.25, -0.2) is 4.79 Å². The van der Waals surface area contributed by atoms with Gasteiger partial charge in [-0.3, -0.25) is 4.98 Å². The molecule has 25 heavy (non-hydrogen) atoms. The second kappa shape index (κ2) is 7.07. The molecule has 0 fully saturated rings. The lowest BCUT2D eigenvalue weighted by atomic mass is 9.93. The molecule has 3 heterocycles. The number of rotatable bonds is 3. The molecular weight excluding hydrogens is 330 g/mol. The van der Waals surface area contributed by atoms with Crippen molar-refractivity contribution < 1.29 is 4.79 Å². The average molecular weight is 349 g/mol. The van der Waals surface area contributed by atoms with Crippen molar-refractivity contribution in [2.24, 2.45) is 0 Å². The number of amides is 2. The summed E-state index contributed by atoms with van der Waals surface area (Å²) in [6.07, 6.45) is 4.40.